The average Bonchev–Trinajstić information content (AvgIpc) is 2.57. The lowest BCUT2D eigenvalue weighted by atomic mass is 9.94. The number of hydrogen-bond acceptors (Lipinski definition) is 6. The van der Waals surface area contributed by atoms with Crippen molar-refractivity contribution in [3.63, 3.8) is 0 Å². The lowest BCUT2D eigenvalue weighted by Crippen LogP contribution is -2.37. The molecule has 2 aromatic rings. The molecule has 0 unspecified atom stereocenters. The Kier molecular flexibility index (Phi) is 4.77. The molecule has 1 N–H and O–H groups in total. The maximum absolute atomic E-state index is 11.6. The first-order valence-corrected chi connectivity index (χ1v) is 9.74. The second-order valence-corrected chi connectivity index (χ2v) is 8.07. The van der Waals surface area contributed by atoms with Gasteiger partial charge in [-0.3, -0.25) is 0 Å². The minimum absolute atomic E-state index is 0.248. The molecule has 0 aromatic carbocycles. The molecule has 0 aliphatic carbocycles. The van der Waals surface area contributed by atoms with Crippen LogP contribution in [0.2, 0.25) is 0 Å². The van der Waals surface area contributed by atoms with E-state index < -0.39 is 10.0 Å². The average molecular weight is 347 g/mol. The third-order valence-corrected chi connectivity index (χ3v) is 5.47. The highest BCUT2D eigenvalue weighted by molar-refractivity contribution is 7.88. The van der Waals surface area contributed by atoms with Crippen LogP contribution >= 0.6 is 0 Å². The Morgan fingerprint density at radius 2 is 1.92 bits per heavy atom. The minimum atomic E-state index is -3.10. The van der Waals surface area contributed by atoms with E-state index in [9.17, 15) is 8.42 Å². The summed E-state index contributed by atoms with van der Waals surface area (Å²) in [7, 11) is -3.10. The normalized spacial score (nSPS) is 16.9. The van der Waals surface area contributed by atoms with Crippen LogP contribution in [-0.4, -0.2) is 47.0 Å². The van der Waals surface area contributed by atoms with Gasteiger partial charge in [0.2, 0.25) is 16.0 Å². The Labute approximate surface area is 142 Å². The molecule has 1 fully saturated rings. The summed E-state index contributed by atoms with van der Waals surface area (Å²) in [6.45, 7) is 3.06. The predicted octanol–water partition coefficient (Wildman–Crippen LogP) is 2.06. The van der Waals surface area contributed by atoms with Crippen molar-refractivity contribution in [1.29, 1.82) is 0 Å². The standard InChI is InChI=1S/C16H21N5O2S/c1-12-3-4-15(18-11-12)20-16-17-8-5-14(19-16)13-6-9-21(10-7-13)24(2,22)23/h3-5,8,11,13H,6-7,9-10H2,1-2H3,(H,17,18,19,20). The number of sulfonamides is 1. The molecule has 3 heterocycles. The number of rotatable bonds is 4. The first-order valence-electron chi connectivity index (χ1n) is 7.89. The second-order valence-electron chi connectivity index (χ2n) is 6.09. The van der Waals surface area contributed by atoms with Crippen molar-refractivity contribution >= 4 is 21.8 Å². The van der Waals surface area contributed by atoms with Gasteiger partial charge in [0.1, 0.15) is 5.82 Å². The van der Waals surface area contributed by atoms with Crippen LogP contribution in [0.3, 0.4) is 0 Å². The number of hydrogen-bond donors (Lipinski definition) is 1. The van der Waals surface area contributed by atoms with Gasteiger partial charge in [-0.1, -0.05) is 6.07 Å². The van der Waals surface area contributed by atoms with Gasteiger partial charge in [-0.2, -0.15) is 0 Å². The highest BCUT2D eigenvalue weighted by Crippen LogP contribution is 2.28. The molecule has 0 saturated carbocycles. The Morgan fingerprint density at radius 3 is 2.54 bits per heavy atom. The third kappa shape index (κ3) is 4.07. The van der Waals surface area contributed by atoms with Crippen molar-refractivity contribution in [2.45, 2.75) is 25.7 Å². The molecule has 1 saturated heterocycles. The van der Waals surface area contributed by atoms with Crippen LogP contribution in [0.1, 0.15) is 30.0 Å². The summed E-state index contributed by atoms with van der Waals surface area (Å²) >= 11 is 0. The summed E-state index contributed by atoms with van der Waals surface area (Å²) in [5, 5.41) is 3.10. The molecule has 7 nitrogen and oxygen atoms in total. The molecule has 0 atom stereocenters. The van der Waals surface area contributed by atoms with Gasteiger partial charge >= 0.3 is 0 Å². The molecular weight excluding hydrogens is 326 g/mol. The van der Waals surface area contributed by atoms with Gasteiger partial charge in [0, 0.05) is 37.1 Å². The first-order chi connectivity index (χ1) is 11.4. The molecule has 24 heavy (non-hydrogen) atoms. The number of aromatic nitrogens is 3. The molecule has 2 aromatic heterocycles. The van der Waals surface area contributed by atoms with E-state index in [0.29, 0.717) is 24.9 Å². The van der Waals surface area contributed by atoms with E-state index in [2.05, 4.69) is 20.3 Å². The zero-order chi connectivity index (χ0) is 17.2. The molecule has 0 bridgehead atoms. The van der Waals surface area contributed by atoms with Gasteiger partial charge in [0.05, 0.1) is 6.26 Å². The Bertz CT molecular complexity index is 799. The largest absolute Gasteiger partial charge is 0.309 e. The van der Waals surface area contributed by atoms with Crippen molar-refractivity contribution in [2.24, 2.45) is 0 Å². The van der Waals surface area contributed by atoms with Gasteiger partial charge < -0.3 is 5.32 Å². The monoisotopic (exact) mass is 347 g/mol. The van der Waals surface area contributed by atoms with E-state index >= 15 is 0 Å². The second kappa shape index (κ2) is 6.82. The molecule has 0 spiro atoms. The maximum Gasteiger partial charge on any atom is 0.228 e. The van der Waals surface area contributed by atoms with Crippen molar-refractivity contribution < 1.29 is 8.42 Å². The summed E-state index contributed by atoms with van der Waals surface area (Å²) < 4.78 is 24.7. The lowest BCUT2D eigenvalue weighted by molar-refractivity contribution is 0.318. The molecule has 0 amide bonds. The molecular formula is C16H21N5O2S. The van der Waals surface area contributed by atoms with E-state index in [1.165, 1.54) is 10.6 Å². The number of aryl methyl sites for hydroxylation is 1. The lowest BCUT2D eigenvalue weighted by Gasteiger charge is -2.29. The molecule has 1 aliphatic rings. The van der Waals surface area contributed by atoms with Crippen LogP contribution in [0.25, 0.3) is 0 Å². The molecule has 128 valence electrons. The molecule has 3 rings (SSSR count). The zero-order valence-corrected chi connectivity index (χ0v) is 14.6. The predicted molar refractivity (Wildman–Crippen MR) is 92.7 cm³/mol. The van der Waals surface area contributed by atoms with Crippen LogP contribution < -0.4 is 5.32 Å². The van der Waals surface area contributed by atoms with Gasteiger partial charge in [-0.05, 0) is 37.5 Å². The Morgan fingerprint density at radius 1 is 1.17 bits per heavy atom. The summed E-state index contributed by atoms with van der Waals surface area (Å²) in [5.41, 5.74) is 2.03. The van der Waals surface area contributed by atoms with E-state index in [1.807, 2.05) is 25.1 Å². The third-order valence-electron chi connectivity index (χ3n) is 4.17. The fourth-order valence-corrected chi connectivity index (χ4v) is 3.67. The molecule has 8 heteroatoms. The maximum atomic E-state index is 11.6. The SMILES string of the molecule is Cc1ccc(Nc2nccc(C3CCN(S(C)(=O)=O)CC3)n2)nc1. The van der Waals surface area contributed by atoms with Gasteiger partial charge in [-0.15, -0.1) is 0 Å². The Hall–Kier alpha value is -2.06. The van der Waals surface area contributed by atoms with Crippen molar-refractivity contribution in [1.82, 2.24) is 19.3 Å². The van der Waals surface area contributed by atoms with E-state index in [1.54, 1.807) is 12.4 Å². The minimum Gasteiger partial charge on any atom is -0.309 e. The van der Waals surface area contributed by atoms with Gasteiger partial charge in [0.25, 0.3) is 0 Å². The van der Waals surface area contributed by atoms with Crippen LogP contribution in [-0.2, 0) is 10.0 Å². The van der Waals surface area contributed by atoms with Gasteiger partial charge in [-0.25, -0.2) is 27.7 Å². The van der Waals surface area contributed by atoms with Crippen molar-refractivity contribution in [3.8, 4) is 0 Å². The highest BCUT2D eigenvalue weighted by Gasteiger charge is 2.26. The summed E-state index contributed by atoms with van der Waals surface area (Å²) in [6.07, 6.45) is 6.31. The summed E-state index contributed by atoms with van der Waals surface area (Å²) in [6, 6.07) is 5.75. The van der Waals surface area contributed by atoms with Crippen LogP contribution in [0.5, 0.6) is 0 Å². The quantitative estimate of drug-likeness (QED) is 0.911. The topological polar surface area (TPSA) is 88.1 Å². The highest BCUT2D eigenvalue weighted by atomic mass is 32.2. The van der Waals surface area contributed by atoms with Crippen LogP contribution in [0, 0.1) is 6.92 Å². The molecule has 1 aliphatic heterocycles. The molecule has 0 radical (unpaired) electrons. The van der Waals surface area contributed by atoms with E-state index in [4.69, 9.17) is 0 Å². The number of nitrogens with one attached hydrogen (secondary N) is 1. The number of piperidine rings is 1. The fraction of sp³-hybridized carbons (Fsp3) is 0.438. The number of nitrogens with zero attached hydrogens (tertiary/aromatic N) is 4. The van der Waals surface area contributed by atoms with Crippen molar-refractivity contribution in [2.75, 3.05) is 24.7 Å². The van der Waals surface area contributed by atoms with Crippen molar-refractivity contribution in [3.05, 3.63) is 41.9 Å². The number of anilines is 2. The van der Waals surface area contributed by atoms with Crippen LogP contribution in [0.4, 0.5) is 11.8 Å². The fourth-order valence-electron chi connectivity index (χ4n) is 2.80. The Balaban J connectivity index is 1.69. The summed E-state index contributed by atoms with van der Waals surface area (Å²) in [5.74, 6) is 1.46. The van der Waals surface area contributed by atoms with E-state index in [0.717, 1.165) is 24.1 Å². The van der Waals surface area contributed by atoms with Crippen LogP contribution in [0.15, 0.2) is 30.6 Å². The zero-order valence-electron chi connectivity index (χ0n) is 13.8. The number of pyridine rings is 1. The summed E-state index contributed by atoms with van der Waals surface area (Å²) in [4.78, 5) is 13.1. The van der Waals surface area contributed by atoms with E-state index in [-0.39, 0.29) is 5.92 Å². The van der Waals surface area contributed by atoms with Gasteiger partial charge in [0.15, 0.2) is 0 Å². The smallest absolute Gasteiger partial charge is 0.228 e. The first kappa shape index (κ1) is 16.8.